The number of rotatable bonds is 6. The Hall–Kier alpha value is -1.79. The summed E-state index contributed by atoms with van der Waals surface area (Å²) in [7, 11) is 0. The van der Waals surface area contributed by atoms with Crippen molar-refractivity contribution >= 4 is 41.0 Å². The Bertz CT molecular complexity index is 681. The summed E-state index contributed by atoms with van der Waals surface area (Å²) in [5, 5.41) is 3.66. The van der Waals surface area contributed by atoms with Gasteiger partial charge in [0.05, 0.1) is 6.04 Å². The van der Waals surface area contributed by atoms with Crippen molar-refractivity contribution in [3.63, 3.8) is 0 Å². The van der Waals surface area contributed by atoms with E-state index in [1.165, 1.54) is 4.90 Å². The van der Waals surface area contributed by atoms with Gasteiger partial charge in [0.15, 0.2) is 6.61 Å². The average molecular weight is 401 g/mol. The fraction of sp³-hybridized carbons (Fsp3) is 0.500. The maximum atomic E-state index is 12.0. The summed E-state index contributed by atoms with van der Waals surface area (Å²) in [6, 6.07) is 4.65. The Balaban J connectivity index is 1.78. The fourth-order valence-electron chi connectivity index (χ4n) is 2.77. The molecule has 2 rings (SSSR count). The van der Waals surface area contributed by atoms with E-state index in [0.717, 1.165) is 19.3 Å². The third-order valence-corrected chi connectivity index (χ3v) is 4.72. The molecule has 8 heteroatoms. The minimum Gasteiger partial charge on any atom is -0.454 e. The van der Waals surface area contributed by atoms with Crippen molar-refractivity contribution in [2.75, 3.05) is 19.7 Å². The van der Waals surface area contributed by atoms with Gasteiger partial charge in [0.25, 0.3) is 5.91 Å². The van der Waals surface area contributed by atoms with Crippen LogP contribution in [0.2, 0.25) is 10.0 Å². The average Bonchev–Trinajstić information content (AvgIpc) is 2.77. The molecular weight excluding hydrogens is 379 g/mol. The maximum absolute atomic E-state index is 12.0. The lowest BCUT2D eigenvalue weighted by molar-refractivity contribution is -0.152. The van der Waals surface area contributed by atoms with Gasteiger partial charge in [-0.25, -0.2) is 0 Å². The van der Waals surface area contributed by atoms with Crippen LogP contribution in [0, 0.1) is 0 Å². The van der Waals surface area contributed by atoms with E-state index in [0.29, 0.717) is 28.6 Å². The first-order valence-electron chi connectivity index (χ1n) is 8.54. The number of hydrogen-bond donors (Lipinski definition) is 1. The number of carbonyl (C=O) groups is 3. The number of carbonyl (C=O) groups excluding carboxylic acids is 3. The molecule has 6 nitrogen and oxygen atoms in total. The van der Waals surface area contributed by atoms with Gasteiger partial charge >= 0.3 is 5.97 Å². The molecule has 1 aliphatic heterocycles. The van der Waals surface area contributed by atoms with Gasteiger partial charge in [0.1, 0.15) is 6.54 Å². The van der Waals surface area contributed by atoms with E-state index in [2.05, 4.69) is 5.32 Å². The second-order valence-electron chi connectivity index (χ2n) is 6.24. The molecule has 1 aliphatic rings. The lowest BCUT2D eigenvalue weighted by Gasteiger charge is -2.19. The molecule has 0 bridgehead atoms. The summed E-state index contributed by atoms with van der Waals surface area (Å²) in [5.74, 6) is -1.08. The first kappa shape index (κ1) is 20.5. The van der Waals surface area contributed by atoms with Crippen LogP contribution in [-0.2, 0) is 19.1 Å². The molecule has 142 valence electrons. The molecule has 1 aromatic rings. The predicted octanol–water partition coefficient (Wildman–Crippen LogP) is 3.12. The molecule has 0 unspecified atom stereocenters. The molecule has 0 saturated carbocycles. The first-order chi connectivity index (χ1) is 12.4. The van der Waals surface area contributed by atoms with Crippen molar-refractivity contribution in [1.82, 2.24) is 10.2 Å². The highest BCUT2D eigenvalue weighted by atomic mass is 35.5. The lowest BCUT2D eigenvalue weighted by Crippen LogP contribution is -2.37. The van der Waals surface area contributed by atoms with Gasteiger partial charge in [0, 0.05) is 23.0 Å². The molecule has 1 aromatic carbocycles. The highest BCUT2D eigenvalue weighted by Crippen LogP contribution is 2.25. The zero-order chi connectivity index (χ0) is 19.1. The summed E-state index contributed by atoms with van der Waals surface area (Å²) in [6.45, 7) is 1.79. The Labute approximate surface area is 162 Å². The lowest BCUT2D eigenvalue weighted by atomic mass is 10.1. The highest BCUT2D eigenvalue weighted by molar-refractivity contribution is 6.35. The topological polar surface area (TPSA) is 75.7 Å². The molecule has 0 spiro atoms. The molecule has 1 heterocycles. The van der Waals surface area contributed by atoms with Crippen LogP contribution >= 0.6 is 23.2 Å². The van der Waals surface area contributed by atoms with E-state index in [-0.39, 0.29) is 18.5 Å². The molecule has 0 radical (unpaired) electrons. The largest absolute Gasteiger partial charge is 0.454 e. The summed E-state index contributed by atoms with van der Waals surface area (Å²) in [5.41, 5.74) is 0.714. The van der Waals surface area contributed by atoms with E-state index in [1.807, 2.05) is 0 Å². The van der Waals surface area contributed by atoms with Gasteiger partial charge in [-0.15, -0.1) is 0 Å². The third-order valence-electron chi connectivity index (χ3n) is 4.16. The first-order valence-corrected chi connectivity index (χ1v) is 9.30. The van der Waals surface area contributed by atoms with Gasteiger partial charge in [-0.05, 0) is 37.5 Å². The monoisotopic (exact) mass is 400 g/mol. The predicted molar refractivity (Wildman–Crippen MR) is 99.0 cm³/mol. The fourth-order valence-corrected chi connectivity index (χ4v) is 3.34. The summed E-state index contributed by atoms with van der Waals surface area (Å²) in [4.78, 5) is 37.2. The van der Waals surface area contributed by atoms with Crippen molar-refractivity contribution in [3.8, 4) is 0 Å². The van der Waals surface area contributed by atoms with Crippen molar-refractivity contribution in [3.05, 3.63) is 33.8 Å². The molecular formula is C18H22Cl2N2O4. The minimum atomic E-state index is -0.590. The van der Waals surface area contributed by atoms with Gasteiger partial charge in [-0.1, -0.05) is 35.7 Å². The molecule has 0 aliphatic carbocycles. The number of nitrogens with one attached hydrogen (secondary N) is 1. The maximum Gasteiger partial charge on any atom is 0.326 e. The van der Waals surface area contributed by atoms with Gasteiger partial charge in [0.2, 0.25) is 5.91 Å². The van der Waals surface area contributed by atoms with E-state index < -0.39 is 18.5 Å². The zero-order valence-corrected chi connectivity index (χ0v) is 16.1. The number of benzene rings is 1. The van der Waals surface area contributed by atoms with Crippen molar-refractivity contribution < 1.29 is 19.1 Å². The molecule has 0 aromatic heterocycles. The summed E-state index contributed by atoms with van der Waals surface area (Å²) in [6.07, 6.45) is 3.15. The number of likely N-dealkylation sites (tertiary alicyclic amines) is 1. The Kier molecular flexibility index (Phi) is 7.72. The van der Waals surface area contributed by atoms with Crippen LogP contribution in [-0.4, -0.2) is 42.4 Å². The Morgan fingerprint density at radius 3 is 2.77 bits per heavy atom. The molecule has 2 amide bonds. The Morgan fingerprint density at radius 2 is 2.04 bits per heavy atom. The molecule has 1 N–H and O–H groups in total. The van der Waals surface area contributed by atoms with E-state index >= 15 is 0 Å². The van der Waals surface area contributed by atoms with Crippen LogP contribution in [0.3, 0.4) is 0 Å². The van der Waals surface area contributed by atoms with Crippen LogP contribution in [0.5, 0.6) is 0 Å². The summed E-state index contributed by atoms with van der Waals surface area (Å²) < 4.78 is 4.98. The molecule has 1 saturated heterocycles. The van der Waals surface area contributed by atoms with Crippen LogP contribution in [0.15, 0.2) is 18.2 Å². The number of ether oxygens (including phenoxy) is 1. The smallest absolute Gasteiger partial charge is 0.326 e. The van der Waals surface area contributed by atoms with Crippen molar-refractivity contribution in [2.24, 2.45) is 0 Å². The quantitative estimate of drug-likeness (QED) is 0.744. The van der Waals surface area contributed by atoms with Crippen LogP contribution in [0.25, 0.3) is 0 Å². The number of amides is 2. The molecule has 1 atom stereocenters. The third kappa shape index (κ3) is 6.18. The standard InChI is InChI=1S/C18H22Cl2N2O4/c1-12(14-7-6-13(19)9-15(14)20)21-16(23)11-26-18(25)10-22-8-4-2-3-5-17(22)24/h6-7,9,12H,2-5,8,10-11H2,1H3,(H,21,23)/t12-/m1/s1. The Morgan fingerprint density at radius 1 is 1.27 bits per heavy atom. The van der Waals surface area contributed by atoms with E-state index in [9.17, 15) is 14.4 Å². The number of esters is 1. The van der Waals surface area contributed by atoms with Gasteiger partial charge < -0.3 is 15.0 Å². The number of nitrogens with zero attached hydrogens (tertiary/aromatic N) is 1. The van der Waals surface area contributed by atoms with Crippen LogP contribution in [0.4, 0.5) is 0 Å². The minimum absolute atomic E-state index is 0.0464. The summed E-state index contributed by atoms with van der Waals surface area (Å²) >= 11 is 12.0. The second kappa shape index (κ2) is 9.78. The van der Waals surface area contributed by atoms with Crippen LogP contribution in [0.1, 0.15) is 44.2 Å². The van der Waals surface area contributed by atoms with Gasteiger partial charge in [-0.2, -0.15) is 0 Å². The second-order valence-corrected chi connectivity index (χ2v) is 7.09. The van der Waals surface area contributed by atoms with Crippen molar-refractivity contribution in [1.29, 1.82) is 0 Å². The zero-order valence-electron chi connectivity index (χ0n) is 14.6. The molecule has 1 fully saturated rings. The number of halogens is 2. The SMILES string of the molecule is C[C@@H](NC(=O)COC(=O)CN1CCCCCC1=O)c1ccc(Cl)cc1Cl. The van der Waals surface area contributed by atoms with Gasteiger partial charge in [-0.3, -0.25) is 14.4 Å². The molecule has 26 heavy (non-hydrogen) atoms. The normalized spacial score (nSPS) is 16.0. The highest BCUT2D eigenvalue weighted by Gasteiger charge is 2.21. The van der Waals surface area contributed by atoms with E-state index in [1.54, 1.807) is 25.1 Å². The van der Waals surface area contributed by atoms with E-state index in [4.69, 9.17) is 27.9 Å². The van der Waals surface area contributed by atoms with Crippen LogP contribution < -0.4 is 5.32 Å². The van der Waals surface area contributed by atoms with Crippen molar-refractivity contribution in [2.45, 2.75) is 38.6 Å². The number of hydrogen-bond acceptors (Lipinski definition) is 4.